The van der Waals surface area contributed by atoms with E-state index in [4.69, 9.17) is 13.9 Å². The minimum absolute atomic E-state index is 0.0172. The highest BCUT2D eigenvalue weighted by Gasteiger charge is 2.17. The first-order valence-electron chi connectivity index (χ1n) is 9.48. The molecule has 0 radical (unpaired) electrons. The van der Waals surface area contributed by atoms with Gasteiger partial charge in [-0.05, 0) is 30.3 Å². The Balaban J connectivity index is 1.52. The molecule has 11 heteroatoms. The summed E-state index contributed by atoms with van der Waals surface area (Å²) in [4.78, 5) is 28.1. The number of benzene rings is 2. The van der Waals surface area contributed by atoms with Gasteiger partial charge in [0.1, 0.15) is 11.6 Å². The van der Waals surface area contributed by atoms with Gasteiger partial charge in [0.15, 0.2) is 35.5 Å². The van der Waals surface area contributed by atoms with Crippen LogP contribution in [-0.4, -0.2) is 37.1 Å². The number of rotatable bonds is 10. The normalized spacial score (nSPS) is 10.8. The van der Waals surface area contributed by atoms with Crippen LogP contribution in [0.4, 0.5) is 17.6 Å². The Morgan fingerprint density at radius 2 is 1.88 bits per heavy atom. The van der Waals surface area contributed by atoms with Crippen molar-refractivity contribution in [2.45, 2.75) is 19.5 Å². The molecule has 0 saturated heterocycles. The van der Waals surface area contributed by atoms with Crippen LogP contribution in [-0.2, 0) is 16.0 Å². The Morgan fingerprint density at radius 1 is 1.09 bits per heavy atom. The molecular weight excluding hydrogens is 450 g/mol. The fraction of sp³-hybridized carbons (Fsp3) is 0.227. The third kappa shape index (κ3) is 6.31. The van der Waals surface area contributed by atoms with E-state index in [2.05, 4.69) is 9.72 Å². The number of carbonyl (C=O) groups is 2. The van der Waals surface area contributed by atoms with E-state index in [-0.39, 0.29) is 47.1 Å². The van der Waals surface area contributed by atoms with Crippen molar-refractivity contribution >= 4 is 11.8 Å². The van der Waals surface area contributed by atoms with E-state index in [0.29, 0.717) is 6.07 Å². The first-order chi connectivity index (χ1) is 15.8. The quantitative estimate of drug-likeness (QED) is 0.245. The number of alkyl halides is 2. The van der Waals surface area contributed by atoms with Crippen LogP contribution in [0.1, 0.15) is 22.7 Å². The van der Waals surface area contributed by atoms with Crippen LogP contribution in [0, 0.1) is 11.6 Å². The molecule has 1 heterocycles. The number of carbonyl (C=O) groups excluding carboxylic acids is 2. The van der Waals surface area contributed by atoms with Crippen molar-refractivity contribution in [2.75, 3.05) is 13.7 Å². The Morgan fingerprint density at radius 3 is 2.58 bits per heavy atom. The summed E-state index contributed by atoms with van der Waals surface area (Å²) in [6.07, 6.45) is 1.09. The van der Waals surface area contributed by atoms with Crippen molar-refractivity contribution in [3.05, 3.63) is 65.7 Å². The van der Waals surface area contributed by atoms with Gasteiger partial charge in [0.2, 0.25) is 0 Å². The highest BCUT2D eigenvalue weighted by Crippen LogP contribution is 2.29. The predicted molar refractivity (Wildman–Crippen MR) is 105 cm³/mol. The molecule has 174 valence electrons. The van der Waals surface area contributed by atoms with E-state index in [1.807, 2.05) is 0 Å². The van der Waals surface area contributed by atoms with Gasteiger partial charge >= 0.3 is 12.6 Å². The second kappa shape index (κ2) is 10.6. The largest absolute Gasteiger partial charge is 0.493 e. The molecule has 1 aromatic heterocycles. The monoisotopic (exact) mass is 467 g/mol. The molecule has 0 spiro atoms. The Bertz CT molecular complexity index is 1150. The van der Waals surface area contributed by atoms with E-state index in [9.17, 15) is 27.2 Å². The van der Waals surface area contributed by atoms with Crippen molar-refractivity contribution in [3.8, 4) is 22.8 Å². The van der Waals surface area contributed by atoms with Gasteiger partial charge in [0.25, 0.3) is 0 Å². The Kier molecular flexibility index (Phi) is 7.65. The van der Waals surface area contributed by atoms with Gasteiger partial charge in [-0.3, -0.25) is 9.59 Å². The average Bonchev–Trinajstić information content (AvgIpc) is 3.24. The number of nitrogens with zero attached hydrogens (tertiary/aromatic N) is 1. The standard InChI is InChI=1S/C22H17F4NO6/c1-30-18-8-12(2-5-17(18)33-22(25)26)16(28)11-31-21(29)7-6-20-27-10-19(32-20)14-4-3-13(23)9-15(14)24/h2-5,8-10,22H,6-7,11H2,1H3. The maximum atomic E-state index is 13.8. The highest BCUT2D eigenvalue weighted by atomic mass is 19.3. The van der Waals surface area contributed by atoms with E-state index in [1.54, 1.807) is 0 Å². The molecule has 2 aromatic carbocycles. The van der Waals surface area contributed by atoms with Crippen LogP contribution in [0.3, 0.4) is 0 Å². The van der Waals surface area contributed by atoms with Crippen molar-refractivity contribution in [3.63, 3.8) is 0 Å². The number of hydrogen-bond donors (Lipinski definition) is 0. The fourth-order valence-corrected chi connectivity index (χ4v) is 2.78. The highest BCUT2D eigenvalue weighted by molar-refractivity contribution is 5.98. The molecule has 7 nitrogen and oxygen atoms in total. The lowest BCUT2D eigenvalue weighted by atomic mass is 10.1. The van der Waals surface area contributed by atoms with Crippen LogP contribution < -0.4 is 9.47 Å². The summed E-state index contributed by atoms with van der Waals surface area (Å²) in [5.41, 5.74) is 0.0867. The molecule has 0 aliphatic carbocycles. The molecule has 0 unspecified atom stereocenters. The van der Waals surface area contributed by atoms with Gasteiger partial charge in [0, 0.05) is 18.1 Å². The summed E-state index contributed by atoms with van der Waals surface area (Å²) in [5.74, 6) is -2.99. The predicted octanol–water partition coefficient (Wildman–Crippen LogP) is 4.59. The van der Waals surface area contributed by atoms with Gasteiger partial charge in [-0.2, -0.15) is 8.78 Å². The zero-order chi connectivity index (χ0) is 24.0. The SMILES string of the molecule is COc1cc(C(=O)COC(=O)CCc2ncc(-c3ccc(F)cc3F)o2)ccc1OC(F)F. The fourth-order valence-electron chi connectivity index (χ4n) is 2.78. The van der Waals surface area contributed by atoms with Gasteiger partial charge < -0.3 is 18.6 Å². The molecule has 0 fully saturated rings. The molecule has 0 atom stereocenters. The average molecular weight is 467 g/mol. The first-order valence-corrected chi connectivity index (χ1v) is 9.48. The molecule has 3 rings (SSSR count). The smallest absolute Gasteiger partial charge is 0.387 e. The minimum Gasteiger partial charge on any atom is -0.493 e. The number of methoxy groups -OCH3 is 1. The van der Waals surface area contributed by atoms with E-state index in [1.165, 1.54) is 31.5 Å². The van der Waals surface area contributed by atoms with E-state index in [0.717, 1.165) is 12.1 Å². The van der Waals surface area contributed by atoms with E-state index >= 15 is 0 Å². The number of ether oxygens (including phenoxy) is 3. The van der Waals surface area contributed by atoms with Crippen molar-refractivity contribution < 1.29 is 45.8 Å². The minimum atomic E-state index is -3.06. The number of hydrogen-bond acceptors (Lipinski definition) is 7. The van der Waals surface area contributed by atoms with Crippen molar-refractivity contribution in [2.24, 2.45) is 0 Å². The third-order valence-electron chi connectivity index (χ3n) is 4.36. The number of halogens is 4. The number of aromatic nitrogens is 1. The van der Waals surface area contributed by atoms with Crippen LogP contribution in [0.5, 0.6) is 11.5 Å². The summed E-state index contributed by atoms with van der Waals surface area (Å²) in [5, 5.41) is 0. The van der Waals surface area contributed by atoms with E-state index < -0.39 is 36.6 Å². The molecule has 3 aromatic rings. The van der Waals surface area contributed by atoms with Gasteiger partial charge in [-0.1, -0.05) is 0 Å². The number of oxazole rings is 1. The van der Waals surface area contributed by atoms with Crippen LogP contribution >= 0.6 is 0 Å². The topological polar surface area (TPSA) is 87.9 Å². The maximum Gasteiger partial charge on any atom is 0.387 e. The summed E-state index contributed by atoms with van der Waals surface area (Å²) in [6.45, 7) is -3.65. The molecule has 0 aliphatic heterocycles. The Hall–Kier alpha value is -3.89. The first kappa shape index (κ1) is 23.8. The van der Waals surface area contributed by atoms with Crippen molar-refractivity contribution in [1.82, 2.24) is 4.98 Å². The third-order valence-corrected chi connectivity index (χ3v) is 4.36. The molecular formula is C22H17F4NO6. The lowest BCUT2D eigenvalue weighted by Crippen LogP contribution is -2.15. The summed E-state index contributed by atoms with van der Waals surface area (Å²) >= 11 is 0. The molecule has 0 N–H and O–H groups in total. The second-order valence-corrected chi connectivity index (χ2v) is 6.57. The second-order valence-electron chi connectivity index (χ2n) is 6.57. The number of aryl methyl sites for hydroxylation is 1. The lowest BCUT2D eigenvalue weighted by molar-refractivity contribution is -0.142. The zero-order valence-electron chi connectivity index (χ0n) is 17.1. The van der Waals surface area contributed by atoms with Gasteiger partial charge in [-0.15, -0.1) is 0 Å². The van der Waals surface area contributed by atoms with Crippen LogP contribution in [0.25, 0.3) is 11.3 Å². The lowest BCUT2D eigenvalue weighted by Gasteiger charge is -2.11. The number of esters is 1. The van der Waals surface area contributed by atoms with Gasteiger partial charge in [0.05, 0.1) is 25.3 Å². The van der Waals surface area contributed by atoms with Gasteiger partial charge in [-0.25, -0.2) is 13.8 Å². The number of ketones is 1. The molecule has 0 aliphatic rings. The van der Waals surface area contributed by atoms with Crippen molar-refractivity contribution in [1.29, 1.82) is 0 Å². The molecule has 33 heavy (non-hydrogen) atoms. The molecule has 0 amide bonds. The Labute approximate surface area is 184 Å². The summed E-state index contributed by atoms with van der Waals surface area (Å²) in [7, 11) is 1.22. The number of Topliss-reactive ketones (excluding diaryl/α,β-unsaturated/α-hetero) is 1. The molecule has 0 bridgehead atoms. The van der Waals surface area contributed by atoms with Crippen LogP contribution in [0.2, 0.25) is 0 Å². The maximum absolute atomic E-state index is 13.8. The summed E-state index contributed by atoms with van der Waals surface area (Å²) in [6, 6.07) is 6.56. The van der Waals surface area contributed by atoms with Crippen LogP contribution in [0.15, 0.2) is 47.0 Å². The summed E-state index contributed by atoms with van der Waals surface area (Å²) < 4.78 is 71.1. The molecule has 0 saturated carbocycles. The zero-order valence-corrected chi connectivity index (χ0v) is 17.1.